The van der Waals surface area contributed by atoms with Gasteiger partial charge in [-0.25, -0.2) is 0 Å². The van der Waals surface area contributed by atoms with Crippen LogP contribution >= 0.6 is 0 Å². The maximum Gasteiger partial charge on any atom is 0.119 e. The Morgan fingerprint density at radius 1 is 1.26 bits per heavy atom. The first-order valence-corrected chi connectivity index (χ1v) is 6.78. The van der Waals surface area contributed by atoms with Gasteiger partial charge in [0.05, 0.1) is 6.61 Å². The standard InChI is InChI=1S/C15H21N3O/c1-2-19-15-7-5-14(6-8-15)13-16-9-3-11-18-12-4-10-17-18/h4-8,10,12,16H,2-3,9,11,13H2,1H3. The molecule has 0 radical (unpaired) electrons. The minimum absolute atomic E-state index is 0.713. The number of hydrogen-bond donors (Lipinski definition) is 1. The second-order valence-corrected chi connectivity index (χ2v) is 4.38. The SMILES string of the molecule is CCOc1ccc(CNCCCn2cccn2)cc1. The quantitative estimate of drug-likeness (QED) is 0.740. The molecule has 0 amide bonds. The maximum atomic E-state index is 5.42. The highest BCUT2D eigenvalue weighted by atomic mass is 16.5. The van der Waals surface area contributed by atoms with Gasteiger partial charge in [0.2, 0.25) is 0 Å². The highest BCUT2D eigenvalue weighted by molar-refractivity contribution is 5.27. The van der Waals surface area contributed by atoms with Crippen LogP contribution in [0.3, 0.4) is 0 Å². The first-order valence-electron chi connectivity index (χ1n) is 6.78. The summed E-state index contributed by atoms with van der Waals surface area (Å²) < 4.78 is 7.37. The highest BCUT2D eigenvalue weighted by Gasteiger charge is 1.95. The van der Waals surface area contributed by atoms with Crippen molar-refractivity contribution in [3.63, 3.8) is 0 Å². The van der Waals surface area contributed by atoms with E-state index in [2.05, 4.69) is 22.5 Å². The molecule has 2 rings (SSSR count). The molecule has 0 aliphatic rings. The van der Waals surface area contributed by atoms with E-state index in [1.165, 1.54) is 5.56 Å². The third kappa shape index (κ3) is 4.75. The van der Waals surface area contributed by atoms with Crippen LogP contribution in [-0.4, -0.2) is 22.9 Å². The minimum Gasteiger partial charge on any atom is -0.494 e. The van der Waals surface area contributed by atoms with E-state index < -0.39 is 0 Å². The Kier molecular flexibility index (Phi) is 5.44. The van der Waals surface area contributed by atoms with E-state index >= 15 is 0 Å². The van der Waals surface area contributed by atoms with E-state index in [0.717, 1.165) is 31.8 Å². The zero-order valence-electron chi connectivity index (χ0n) is 11.4. The lowest BCUT2D eigenvalue weighted by Crippen LogP contribution is -2.16. The summed E-state index contributed by atoms with van der Waals surface area (Å²) in [5, 5.41) is 7.61. The number of hydrogen-bond acceptors (Lipinski definition) is 3. The third-order valence-electron chi connectivity index (χ3n) is 2.86. The van der Waals surface area contributed by atoms with E-state index in [-0.39, 0.29) is 0 Å². The number of rotatable bonds is 8. The summed E-state index contributed by atoms with van der Waals surface area (Å²) in [6.45, 7) is 5.56. The minimum atomic E-state index is 0.713. The molecule has 0 bridgehead atoms. The molecule has 1 aromatic heterocycles. The van der Waals surface area contributed by atoms with Crippen LogP contribution in [0.5, 0.6) is 5.75 Å². The van der Waals surface area contributed by atoms with Crippen LogP contribution in [0.4, 0.5) is 0 Å². The maximum absolute atomic E-state index is 5.42. The molecule has 2 aromatic rings. The normalized spacial score (nSPS) is 10.6. The predicted molar refractivity (Wildman–Crippen MR) is 76.2 cm³/mol. The van der Waals surface area contributed by atoms with Crippen LogP contribution in [-0.2, 0) is 13.1 Å². The van der Waals surface area contributed by atoms with Crippen LogP contribution in [0, 0.1) is 0 Å². The molecule has 0 saturated heterocycles. The van der Waals surface area contributed by atoms with Crippen molar-refractivity contribution < 1.29 is 4.74 Å². The van der Waals surface area contributed by atoms with Crippen molar-refractivity contribution in [3.05, 3.63) is 48.3 Å². The Morgan fingerprint density at radius 2 is 2.11 bits per heavy atom. The number of nitrogens with zero attached hydrogens (tertiary/aromatic N) is 2. The second-order valence-electron chi connectivity index (χ2n) is 4.38. The summed E-state index contributed by atoms with van der Waals surface area (Å²) in [6.07, 6.45) is 4.89. The highest BCUT2D eigenvalue weighted by Crippen LogP contribution is 2.11. The van der Waals surface area contributed by atoms with Crippen LogP contribution in [0.1, 0.15) is 18.9 Å². The molecule has 4 heteroatoms. The van der Waals surface area contributed by atoms with Crippen LogP contribution in [0.15, 0.2) is 42.7 Å². The van der Waals surface area contributed by atoms with E-state index in [1.807, 2.05) is 42.2 Å². The van der Waals surface area contributed by atoms with Crippen molar-refractivity contribution in [1.82, 2.24) is 15.1 Å². The van der Waals surface area contributed by atoms with Gasteiger partial charge in [-0.05, 0) is 43.7 Å². The van der Waals surface area contributed by atoms with Crippen LogP contribution in [0.2, 0.25) is 0 Å². The smallest absolute Gasteiger partial charge is 0.119 e. The number of aryl methyl sites for hydroxylation is 1. The zero-order chi connectivity index (χ0) is 13.3. The zero-order valence-corrected chi connectivity index (χ0v) is 11.4. The number of nitrogens with one attached hydrogen (secondary N) is 1. The van der Waals surface area contributed by atoms with Crippen molar-refractivity contribution >= 4 is 0 Å². The van der Waals surface area contributed by atoms with Gasteiger partial charge in [0.15, 0.2) is 0 Å². The summed E-state index contributed by atoms with van der Waals surface area (Å²) in [6, 6.07) is 10.2. The van der Waals surface area contributed by atoms with Gasteiger partial charge in [-0.3, -0.25) is 4.68 Å². The summed E-state index contributed by atoms with van der Waals surface area (Å²) >= 11 is 0. The molecule has 1 N–H and O–H groups in total. The van der Waals surface area contributed by atoms with Gasteiger partial charge in [-0.2, -0.15) is 5.10 Å². The molecule has 0 saturated carbocycles. The summed E-state index contributed by atoms with van der Waals surface area (Å²) in [7, 11) is 0. The molecule has 102 valence electrons. The first-order chi connectivity index (χ1) is 9.38. The number of benzene rings is 1. The van der Waals surface area contributed by atoms with Crippen molar-refractivity contribution in [1.29, 1.82) is 0 Å². The van der Waals surface area contributed by atoms with Gasteiger partial charge < -0.3 is 10.1 Å². The lowest BCUT2D eigenvalue weighted by molar-refractivity contribution is 0.340. The monoisotopic (exact) mass is 259 g/mol. The Hall–Kier alpha value is -1.81. The average Bonchev–Trinajstić information content (AvgIpc) is 2.94. The van der Waals surface area contributed by atoms with Crippen molar-refractivity contribution in [2.45, 2.75) is 26.4 Å². The van der Waals surface area contributed by atoms with Crippen molar-refractivity contribution in [3.8, 4) is 5.75 Å². The molecule has 4 nitrogen and oxygen atoms in total. The Balaban J connectivity index is 1.62. The molecule has 19 heavy (non-hydrogen) atoms. The lowest BCUT2D eigenvalue weighted by Gasteiger charge is -2.07. The number of aromatic nitrogens is 2. The van der Waals surface area contributed by atoms with Crippen molar-refractivity contribution in [2.24, 2.45) is 0 Å². The van der Waals surface area contributed by atoms with Gasteiger partial charge in [0.25, 0.3) is 0 Å². The number of ether oxygens (including phenoxy) is 1. The molecule has 0 unspecified atom stereocenters. The third-order valence-corrected chi connectivity index (χ3v) is 2.86. The van der Waals surface area contributed by atoms with Crippen LogP contribution < -0.4 is 10.1 Å². The largest absolute Gasteiger partial charge is 0.494 e. The van der Waals surface area contributed by atoms with E-state index in [9.17, 15) is 0 Å². The molecular weight excluding hydrogens is 238 g/mol. The molecule has 1 aromatic carbocycles. The summed E-state index contributed by atoms with van der Waals surface area (Å²) in [5.41, 5.74) is 1.28. The molecule has 0 aliphatic heterocycles. The van der Waals surface area contributed by atoms with Gasteiger partial charge >= 0.3 is 0 Å². The van der Waals surface area contributed by atoms with E-state index in [1.54, 1.807) is 0 Å². The molecule has 0 atom stereocenters. The fourth-order valence-corrected chi connectivity index (χ4v) is 1.90. The lowest BCUT2D eigenvalue weighted by atomic mass is 10.2. The Labute approximate surface area is 114 Å². The van der Waals surface area contributed by atoms with Crippen LogP contribution in [0.25, 0.3) is 0 Å². The fourth-order valence-electron chi connectivity index (χ4n) is 1.90. The second kappa shape index (κ2) is 7.59. The van der Waals surface area contributed by atoms with Gasteiger partial charge in [0, 0.05) is 25.5 Å². The molecule has 0 aliphatic carbocycles. The summed E-state index contributed by atoms with van der Waals surface area (Å²) in [5.74, 6) is 0.935. The molecule has 1 heterocycles. The van der Waals surface area contributed by atoms with Gasteiger partial charge in [-0.15, -0.1) is 0 Å². The van der Waals surface area contributed by atoms with E-state index in [0.29, 0.717) is 6.61 Å². The van der Waals surface area contributed by atoms with E-state index in [4.69, 9.17) is 4.74 Å². The molecular formula is C15H21N3O. The topological polar surface area (TPSA) is 39.1 Å². The Morgan fingerprint density at radius 3 is 2.79 bits per heavy atom. The Bertz CT molecular complexity index is 451. The van der Waals surface area contributed by atoms with Crippen molar-refractivity contribution in [2.75, 3.05) is 13.2 Å². The average molecular weight is 259 g/mol. The van der Waals surface area contributed by atoms with Gasteiger partial charge in [-0.1, -0.05) is 12.1 Å². The summed E-state index contributed by atoms with van der Waals surface area (Å²) in [4.78, 5) is 0. The molecule has 0 fully saturated rings. The predicted octanol–water partition coefficient (Wildman–Crippen LogP) is 2.46. The fraction of sp³-hybridized carbons (Fsp3) is 0.400. The molecule has 0 spiro atoms. The van der Waals surface area contributed by atoms with Gasteiger partial charge in [0.1, 0.15) is 5.75 Å². The first kappa shape index (κ1) is 13.6.